The summed E-state index contributed by atoms with van der Waals surface area (Å²) in [6, 6.07) is 9.84. The van der Waals surface area contributed by atoms with Gasteiger partial charge >= 0.3 is 0 Å². The van der Waals surface area contributed by atoms with Gasteiger partial charge in [-0.25, -0.2) is 9.97 Å². The topological polar surface area (TPSA) is 63.8 Å². The van der Waals surface area contributed by atoms with Crippen molar-refractivity contribution in [3.63, 3.8) is 0 Å². The molecule has 4 nitrogen and oxygen atoms in total. The van der Waals surface area contributed by atoms with Gasteiger partial charge in [-0.3, -0.25) is 0 Å². The van der Waals surface area contributed by atoms with E-state index in [1.807, 2.05) is 30.3 Å². The van der Waals surface area contributed by atoms with Gasteiger partial charge in [0.15, 0.2) is 0 Å². The summed E-state index contributed by atoms with van der Waals surface area (Å²) in [5.74, 6) is 0.819. The first-order valence-corrected chi connectivity index (χ1v) is 5.13. The van der Waals surface area contributed by atoms with Crippen molar-refractivity contribution < 1.29 is 0 Å². The third-order valence-electron chi connectivity index (χ3n) is 2.38. The highest BCUT2D eigenvalue weighted by atomic mass is 15.0. The summed E-state index contributed by atoms with van der Waals surface area (Å²) < 4.78 is 0. The molecule has 0 bridgehead atoms. The van der Waals surface area contributed by atoms with Crippen LogP contribution < -0.4 is 11.1 Å². The summed E-state index contributed by atoms with van der Waals surface area (Å²) in [6.07, 6.45) is 3.24. The summed E-state index contributed by atoms with van der Waals surface area (Å²) in [5, 5.41) is 3.29. The molecule has 1 unspecified atom stereocenters. The highest BCUT2D eigenvalue weighted by Gasteiger charge is 2.04. The number of hydrogen-bond donors (Lipinski definition) is 2. The average molecular weight is 214 g/mol. The van der Waals surface area contributed by atoms with Crippen LogP contribution in [0.15, 0.2) is 42.9 Å². The Morgan fingerprint density at radius 3 is 2.56 bits per heavy atom. The van der Waals surface area contributed by atoms with E-state index in [2.05, 4.69) is 22.2 Å². The van der Waals surface area contributed by atoms with Gasteiger partial charge in [0.2, 0.25) is 0 Å². The maximum atomic E-state index is 5.64. The normalized spacial score (nSPS) is 12.1. The zero-order valence-corrected chi connectivity index (χ0v) is 9.09. The van der Waals surface area contributed by atoms with Crippen molar-refractivity contribution in [1.82, 2.24) is 9.97 Å². The molecule has 0 aliphatic carbocycles. The van der Waals surface area contributed by atoms with Crippen LogP contribution in [0.1, 0.15) is 18.5 Å². The van der Waals surface area contributed by atoms with Crippen LogP contribution in [0.25, 0.3) is 0 Å². The molecule has 0 aliphatic heterocycles. The number of nitrogens with zero attached hydrogens (tertiary/aromatic N) is 2. The maximum Gasteiger partial charge on any atom is 0.129 e. The van der Waals surface area contributed by atoms with Crippen LogP contribution in [-0.4, -0.2) is 9.97 Å². The fourth-order valence-corrected chi connectivity index (χ4v) is 1.47. The first-order chi connectivity index (χ1) is 7.75. The molecule has 0 aliphatic rings. The second-order valence-corrected chi connectivity index (χ2v) is 3.63. The molecule has 0 radical (unpaired) electrons. The smallest absolute Gasteiger partial charge is 0.129 e. The zero-order chi connectivity index (χ0) is 11.4. The van der Waals surface area contributed by atoms with Crippen molar-refractivity contribution in [1.29, 1.82) is 0 Å². The number of anilines is 2. The SMILES string of the molecule is CC(Nc1ccncn1)c1ccc(N)cc1. The largest absolute Gasteiger partial charge is 0.399 e. The number of nitrogens with two attached hydrogens (primary N) is 1. The molecule has 1 atom stereocenters. The molecule has 0 saturated carbocycles. The molecule has 2 aromatic rings. The lowest BCUT2D eigenvalue weighted by atomic mass is 10.1. The molecule has 3 N–H and O–H groups in total. The van der Waals surface area contributed by atoms with Gasteiger partial charge in [-0.2, -0.15) is 0 Å². The van der Waals surface area contributed by atoms with Crippen molar-refractivity contribution in [3.8, 4) is 0 Å². The molecule has 0 amide bonds. The molecule has 0 spiro atoms. The summed E-state index contributed by atoms with van der Waals surface area (Å²) in [4.78, 5) is 7.98. The fraction of sp³-hybridized carbons (Fsp3) is 0.167. The quantitative estimate of drug-likeness (QED) is 0.769. The molecular weight excluding hydrogens is 200 g/mol. The lowest BCUT2D eigenvalue weighted by Crippen LogP contribution is -2.07. The van der Waals surface area contributed by atoms with Gasteiger partial charge in [-0.05, 0) is 30.7 Å². The molecule has 1 aromatic carbocycles. The van der Waals surface area contributed by atoms with E-state index in [0.29, 0.717) is 0 Å². The first-order valence-electron chi connectivity index (χ1n) is 5.13. The minimum absolute atomic E-state index is 0.190. The van der Waals surface area contributed by atoms with Gasteiger partial charge in [0.25, 0.3) is 0 Å². The summed E-state index contributed by atoms with van der Waals surface area (Å²) in [7, 11) is 0. The predicted molar refractivity (Wildman–Crippen MR) is 64.9 cm³/mol. The number of nitrogen functional groups attached to an aromatic ring is 1. The van der Waals surface area contributed by atoms with Crippen molar-refractivity contribution in [2.45, 2.75) is 13.0 Å². The molecule has 0 saturated heterocycles. The van der Waals surface area contributed by atoms with Crippen LogP contribution >= 0.6 is 0 Å². The zero-order valence-electron chi connectivity index (χ0n) is 9.09. The Bertz CT molecular complexity index is 438. The Kier molecular flexibility index (Phi) is 3.00. The summed E-state index contributed by atoms with van der Waals surface area (Å²) in [6.45, 7) is 2.08. The second-order valence-electron chi connectivity index (χ2n) is 3.63. The van der Waals surface area contributed by atoms with Gasteiger partial charge in [-0.15, -0.1) is 0 Å². The molecule has 2 rings (SSSR count). The lowest BCUT2D eigenvalue weighted by Gasteiger charge is -2.14. The molecule has 1 heterocycles. The minimum Gasteiger partial charge on any atom is -0.399 e. The average Bonchev–Trinajstić information content (AvgIpc) is 2.31. The highest BCUT2D eigenvalue weighted by molar-refractivity contribution is 5.42. The fourth-order valence-electron chi connectivity index (χ4n) is 1.47. The lowest BCUT2D eigenvalue weighted by molar-refractivity contribution is 0.872. The van der Waals surface area contributed by atoms with E-state index in [0.717, 1.165) is 11.5 Å². The molecule has 82 valence electrons. The third-order valence-corrected chi connectivity index (χ3v) is 2.38. The van der Waals surface area contributed by atoms with E-state index in [4.69, 9.17) is 5.73 Å². The number of hydrogen-bond acceptors (Lipinski definition) is 4. The number of benzene rings is 1. The Labute approximate surface area is 94.5 Å². The van der Waals surface area contributed by atoms with Gasteiger partial charge in [-0.1, -0.05) is 12.1 Å². The van der Waals surface area contributed by atoms with Crippen molar-refractivity contribution in [2.24, 2.45) is 0 Å². The van der Waals surface area contributed by atoms with Crippen molar-refractivity contribution in [3.05, 3.63) is 48.4 Å². The van der Waals surface area contributed by atoms with E-state index in [-0.39, 0.29) is 6.04 Å². The maximum absolute atomic E-state index is 5.64. The monoisotopic (exact) mass is 214 g/mol. The van der Waals surface area contributed by atoms with Crippen LogP contribution in [0.3, 0.4) is 0 Å². The molecule has 4 heteroatoms. The number of rotatable bonds is 3. The third kappa shape index (κ3) is 2.48. The Hall–Kier alpha value is -2.10. The second kappa shape index (κ2) is 4.61. The van der Waals surface area contributed by atoms with Crippen molar-refractivity contribution >= 4 is 11.5 Å². The van der Waals surface area contributed by atoms with Gasteiger partial charge in [0.05, 0.1) is 0 Å². The van der Waals surface area contributed by atoms with Gasteiger partial charge in [0, 0.05) is 17.9 Å². The van der Waals surface area contributed by atoms with E-state index in [9.17, 15) is 0 Å². The molecule has 16 heavy (non-hydrogen) atoms. The Morgan fingerprint density at radius 2 is 1.94 bits per heavy atom. The highest BCUT2D eigenvalue weighted by Crippen LogP contribution is 2.18. The van der Waals surface area contributed by atoms with Crippen LogP contribution in [0.4, 0.5) is 11.5 Å². The van der Waals surface area contributed by atoms with E-state index < -0.39 is 0 Å². The Balaban J connectivity index is 2.09. The molecule has 0 fully saturated rings. The van der Waals surface area contributed by atoms with E-state index in [1.165, 1.54) is 11.9 Å². The molecule has 1 aromatic heterocycles. The van der Waals surface area contributed by atoms with Crippen LogP contribution in [0, 0.1) is 0 Å². The van der Waals surface area contributed by atoms with Gasteiger partial charge in [0.1, 0.15) is 12.1 Å². The van der Waals surface area contributed by atoms with E-state index in [1.54, 1.807) is 6.20 Å². The minimum atomic E-state index is 0.190. The number of aromatic nitrogens is 2. The number of nitrogens with one attached hydrogen (secondary N) is 1. The van der Waals surface area contributed by atoms with Crippen LogP contribution in [0.5, 0.6) is 0 Å². The van der Waals surface area contributed by atoms with Gasteiger partial charge < -0.3 is 11.1 Å². The van der Waals surface area contributed by atoms with E-state index >= 15 is 0 Å². The summed E-state index contributed by atoms with van der Waals surface area (Å²) >= 11 is 0. The van der Waals surface area contributed by atoms with Crippen LogP contribution in [0.2, 0.25) is 0 Å². The van der Waals surface area contributed by atoms with Crippen molar-refractivity contribution in [2.75, 3.05) is 11.1 Å². The van der Waals surface area contributed by atoms with Crippen LogP contribution in [-0.2, 0) is 0 Å². The summed E-state index contributed by atoms with van der Waals surface area (Å²) in [5.41, 5.74) is 7.59. The standard InChI is InChI=1S/C12H14N4/c1-9(10-2-4-11(13)5-3-10)16-12-6-7-14-8-15-12/h2-9H,13H2,1H3,(H,14,15,16). The Morgan fingerprint density at radius 1 is 1.19 bits per heavy atom. The predicted octanol–water partition coefficient (Wildman–Crippen LogP) is 2.23. The first kappa shape index (κ1) is 10.4. The molecular formula is C12H14N4.